The maximum Gasteiger partial charge on any atom is 0.251 e. The molecule has 0 unspecified atom stereocenters. The lowest BCUT2D eigenvalue weighted by Gasteiger charge is -2.26. The van der Waals surface area contributed by atoms with Crippen molar-refractivity contribution in [3.05, 3.63) is 125 Å². The molecule has 1 aliphatic carbocycles. The minimum Gasteiger partial charge on any atom is -0.345 e. The van der Waals surface area contributed by atoms with Crippen molar-refractivity contribution in [2.45, 2.75) is 42.8 Å². The number of carbonyl (C=O) groups excluding carboxylic acids is 1. The number of aryl methyl sites for hydroxylation is 1. The topological polar surface area (TPSA) is 59.8 Å². The van der Waals surface area contributed by atoms with E-state index in [2.05, 4.69) is 63.4 Å². The van der Waals surface area contributed by atoms with Crippen LogP contribution in [-0.2, 0) is 18.7 Å². The minimum absolute atomic E-state index is 0.0258. The molecule has 6 rings (SSSR count). The van der Waals surface area contributed by atoms with Gasteiger partial charge in [-0.25, -0.2) is 9.97 Å². The van der Waals surface area contributed by atoms with Crippen molar-refractivity contribution in [3.8, 4) is 0 Å². The monoisotopic (exact) mass is 504 g/mol. The molecule has 0 saturated heterocycles. The Morgan fingerprint density at radius 3 is 2.59 bits per heavy atom. The minimum atomic E-state index is -0.0258. The third-order valence-corrected chi connectivity index (χ3v) is 7.96. The third kappa shape index (κ3) is 5.16. The molecule has 0 aliphatic heterocycles. The van der Waals surface area contributed by atoms with E-state index in [0.717, 1.165) is 46.9 Å². The van der Waals surface area contributed by atoms with E-state index in [0.29, 0.717) is 12.1 Å². The number of carbonyl (C=O) groups is 1. The summed E-state index contributed by atoms with van der Waals surface area (Å²) in [4.78, 5) is 22.5. The molecule has 1 N–H and O–H groups in total. The average molecular weight is 505 g/mol. The van der Waals surface area contributed by atoms with E-state index in [1.54, 1.807) is 11.8 Å². The van der Waals surface area contributed by atoms with Gasteiger partial charge in [-0.2, -0.15) is 0 Å². The number of thioether (sulfide) groups is 1. The first-order chi connectivity index (χ1) is 18.2. The molecule has 6 heteroatoms. The van der Waals surface area contributed by atoms with Crippen LogP contribution in [0.4, 0.5) is 0 Å². The van der Waals surface area contributed by atoms with Crippen LogP contribution in [0.25, 0.3) is 11.2 Å². The number of nitrogens with zero attached hydrogens (tertiary/aromatic N) is 3. The highest BCUT2D eigenvalue weighted by Crippen LogP contribution is 2.30. The van der Waals surface area contributed by atoms with E-state index in [4.69, 9.17) is 4.98 Å². The summed E-state index contributed by atoms with van der Waals surface area (Å²) in [7, 11) is 0. The van der Waals surface area contributed by atoms with Crippen LogP contribution in [0, 0.1) is 0 Å². The van der Waals surface area contributed by atoms with Gasteiger partial charge in [0.2, 0.25) is 0 Å². The second kappa shape index (κ2) is 10.6. The van der Waals surface area contributed by atoms with Crippen molar-refractivity contribution in [1.82, 2.24) is 19.9 Å². The first-order valence-electron chi connectivity index (χ1n) is 12.7. The Kier molecular flexibility index (Phi) is 6.74. The molecule has 1 atom stereocenters. The van der Waals surface area contributed by atoms with E-state index >= 15 is 0 Å². The first-order valence-corrected chi connectivity index (χ1v) is 13.7. The highest BCUT2D eigenvalue weighted by molar-refractivity contribution is 7.98. The second-order valence-corrected chi connectivity index (χ2v) is 10.4. The van der Waals surface area contributed by atoms with Crippen molar-refractivity contribution >= 4 is 28.8 Å². The Morgan fingerprint density at radius 1 is 0.919 bits per heavy atom. The number of imidazole rings is 1. The molecule has 0 fully saturated rings. The summed E-state index contributed by atoms with van der Waals surface area (Å²) < 4.78 is 2.16. The Bertz CT molecular complexity index is 1530. The highest BCUT2D eigenvalue weighted by Gasteiger charge is 2.22. The Morgan fingerprint density at radius 2 is 1.73 bits per heavy atom. The molecule has 0 spiro atoms. The van der Waals surface area contributed by atoms with Gasteiger partial charge in [-0.05, 0) is 65.8 Å². The van der Waals surface area contributed by atoms with Gasteiger partial charge in [-0.15, -0.1) is 0 Å². The van der Waals surface area contributed by atoms with Crippen LogP contribution in [0.2, 0.25) is 0 Å². The zero-order chi connectivity index (χ0) is 25.0. The molecule has 2 aromatic heterocycles. The standard InChI is InChI=1S/C31H28N4OS/c36-30(33-27-13-6-11-24-10-4-5-12-26(24)27)25-17-15-22(16-18-25)20-35-29-28(14-7-19-32-29)34-31(35)37-21-23-8-2-1-3-9-23/h1-5,7-10,12,14-19,27H,6,11,13,20-21H2,(H,33,36)/t27-/m0/s1. The van der Waals surface area contributed by atoms with Crippen LogP contribution in [0.15, 0.2) is 102 Å². The van der Waals surface area contributed by atoms with Crippen molar-refractivity contribution in [2.24, 2.45) is 0 Å². The molecule has 5 nitrogen and oxygen atoms in total. The number of amides is 1. The van der Waals surface area contributed by atoms with Gasteiger partial charge in [0.05, 0.1) is 12.6 Å². The maximum absolute atomic E-state index is 13.1. The van der Waals surface area contributed by atoms with Gasteiger partial charge in [-0.1, -0.05) is 78.5 Å². The van der Waals surface area contributed by atoms with Crippen molar-refractivity contribution < 1.29 is 4.79 Å². The molecule has 0 bridgehead atoms. The SMILES string of the molecule is O=C(N[C@H]1CCCc2ccccc21)c1ccc(Cn2c(SCc3ccccc3)nc3cccnc32)cc1. The zero-order valence-electron chi connectivity index (χ0n) is 20.5. The van der Waals surface area contributed by atoms with Gasteiger partial charge >= 0.3 is 0 Å². The van der Waals surface area contributed by atoms with Gasteiger partial charge in [0.15, 0.2) is 10.8 Å². The molecule has 1 amide bonds. The fourth-order valence-corrected chi connectivity index (χ4v) is 5.96. The summed E-state index contributed by atoms with van der Waals surface area (Å²) in [6, 6.07) is 30.8. The van der Waals surface area contributed by atoms with Crippen LogP contribution < -0.4 is 5.32 Å². The number of hydrogen-bond acceptors (Lipinski definition) is 4. The number of aromatic nitrogens is 3. The van der Waals surface area contributed by atoms with E-state index in [-0.39, 0.29) is 11.9 Å². The lowest BCUT2D eigenvalue weighted by Crippen LogP contribution is -2.30. The number of nitrogens with one attached hydrogen (secondary N) is 1. The molecule has 1 aliphatic rings. The number of rotatable bonds is 7. The Labute approximate surface area is 221 Å². The van der Waals surface area contributed by atoms with Crippen LogP contribution in [0.3, 0.4) is 0 Å². The highest BCUT2D eigenvalue weighted by atomic mass is 32.2. The summed E-state index contributed by atoms with van der Waals surface area (Å²) in [6.07, 6.45) is 4.97. The van der Waals surface area contributed by atoms with E-state index < -0.39 is 0 Å². The lowest BCUT2D eigenvalue weighted by atomic mass is 9.87. The molecule has 184 valence electrons. The van der Waals surface area contributed by atoms with Gasteiger partial charge in [0.25, 0.3) is 5.91 Å². The van der Waals surface area contributed by atoms with Crippen LogP contribution >= 0.6 is 11.8 Å². The van der Waals surface area contributed by atoms with Crippen molar-refractivity contribution in [3.63, 3.8) is 0 Å². The van der Waals surface area contributed by atoms with E-state index in [9.17, 15) is 4.79 Å². The lowest BCUT2D eigenvalue weighted by molar-refractivity contribution is 0.0932. The summed E-state index contributed by atoms with van der Waals surface area (Å²) in [5, 5.41) is 4.19. The van der Waals surface area contributed by atoms with Gasteiger partial charge in [0, 0.05) is 17.5 Å². The number of benzene rings is 3. The molecule has 0 radical (unpaired) electrons. The fourth-order valence-electron chi connectivity index (χ4n) is 5.00. The molecular formula is C31H28N4OS. The van der Waals surface area contributed by atoms with Crippen molar-refractivity contribution in [1.29, 1.82) is 0 Å². The smallest absolute Gasteiger partial charge is 0.251 e. The largest absolute Gasteiger partial charge is 0.345 e. The maximum atomic E-state index is 13.1. The molecular weight excluding hydrogens is 476 g/mol. The molecule has 0 saturated carbocycles. The third-order valence-electron chi connectivity index (χ3n) is 6.91. The molecule has 5 aromatic rings. The zero-order valence-corrected chi connectivity index (χ0v) is 21.3. The van der Waals surface area contributed by atoms with Gasteiger partial charge in [-0.3, -0.25) is 9.36 Å². The Balaban J connectivity index is 1.19. The van der Waals surface area contributed by atoms with E-state index in [1.807, 2.05) is 48.7 Å². The Hall–Kier alpha value is -3.90. The summed E-state index contributed by atoms with van der Waals surface area (Å²) in [5.41, 5.74) is 7.40. The number of pyridine rings is 1. The van der Waals surface area contributed by atoms with Gasteiger partial charge in [0.1, 0.15) is 5.52 Å². The summed E-state index contributed by atoms with van der Waals surface area (Å²) in [6.45, 7) is 0.641. The van der Waals surface area contributed by atoms with Gasteiger partial charge < -0.3 is 5.32 Å². The molecule has 2 heterocycles. The molecule has 3 aromatic carbocycles. The number of fused-ring (bicyclic) bond motifs is 2. The second-order valence-electron chi connectivity index (χ2n) is 9.41. The number of hydrogen-bond donors (Lipinski definition) is 1. The fraction of sp³-hybridized carbons (Fsp3) is 0.194. The quantitative estimate of drug-likeness (QED) is 0.254. The average Bonchev–Trinajstić information content (AvgIpc) is 3.30. The van der Waals surface area contributed by atoms with E-state index in [1.165, 1.54) is 16.7 Å². The summed E-state index contributed by atoms with van der Waals surface area (Å²) in [5.74, 6) is 0.815. The predicted octanol–water partition coefficient (Wildman–Crippen LogP) is 6.58. The van der Waals surface area contributed by atoms with Crippen LogP contribution in [-0.4, -0.2) is 20.4 Å². The first kappa shape index (κ1) is 23.5. The predicted molar refractivity (Wildman–Crippen MR) is 149 cm³/mol. The normalized spacial score (nSPS) is 14.9. The van der Waals surface area contributed by atoms with Crippen LogP contribution in [0.1, 0.15) is 51.5 Å². The van der Waals surface area contributed by atoms with Crippen molar-refractivity contribution in [2.75, 3.05) is 0 Å². The van der Waals surface area contributed by atoms with Crippen LogP contribution in [0.5, 0.6) is 0 Å². The summed E-state index contributed by atoms with van der Waals surface area (Å²) >= 11 is 1.71. The molecule has 37 heavy (non-hydrogen) atoms.